The van der Waals surface area contributed by atoms with Gasteiger partial charge >= 0.3 is 12.1 Å². The minimum Gasteiger partial charge on any atom is -0.481 e. The van der Waals surface area contributed by atoms with Crippen molar-refractivity contribution in [2.45, 2.75) is 79.8 Å². The SMILES string of the molecule is CC(C)=C(Cc1ccccc1C=O)/C(CC(F)(F)F)=C(\C)c1ccccc1.CCC(=O)O.CCCN(C)CCC.COC. The van der Waals surface area contributed by atoms with Crippen LogP contribution in [0, 0.1) is 0 Å². The number of hydrogen-bond acceptors (Lipinski definition) is 4. The lowest BCUT2D eigenvalue weighted by Crippen LogP contribution is -2.19. The predicted octanol–water partition coefficient (Wildman–Crippen LogP) is 9.29. The lowest BCUT2D eigenvalue weighted by molar-refractivity contribution is -0.136. The van der Waals surface area contributed by atoms with Crippen molar-refractivity contribution >= 4 is 17.8 Å². The summed E-state index contributed by atoms with van der Waals surface area (Å²) in [5.74, 6) is -0.745. The average Bonchev–Trinajstić information content (AvgIpc) is 2.96. The molecule has 0 unspecified atom stereocenters. The van der Waals surface area contributed by atoms with Crippen LogP contribution >= 0.6 is 0 Å². The number of carboxylic acids is 1. The van der Waals surface area contributed by atoms with Crippen molar-refractivity contribution in [1.29, 1.82) is 0 Å². The number of methoxy groups -OCH3 is 1. The van der Waals surface area contributed by atoms with Gasteiger partial charge in [0, 0.05) is 26.2 Å². The Kier molecular flexibility index (Phi) is 23.6. The zero-order valence-corrected chi connectivity index (χ0v) is 27.5. The van der Waals surface area contributed by atoms with Crippen LogP contribution in [0.15, 0.2) is 71.3 Å². The Morgan fingerprint density at radius 1 is 0.884 bits per heavy atom. The second-order valence-electron chi connectivity index (χ2n) is 10.2. The highest BCUT2D eigenvalue weighted by Gasteiger charge is 2.31. The molecule has 0 saturated carbocycles. The van der Waals surface area contributed by atoms with Gasteiger partial charge in [-0.3, -0.25) is 9.59 Å². The Morgan fingerprint density at radius 3 is 1.74 bits per heavy atom. The van der Waals surface area contributed by atoms with Crippen LogP contribution in [-0.2, 0) is 16.0 Å². The number of aldehydes is 1. The van der Waals surface area contributed by atoms with E-state index in [0.717, 1.165) is 23.0 Å². The van der Waals surface area contributed by atoms with Crippen LogP contribution in [0.1, 0.15) is 88.7 Å². The molecule has 0 fully saturated rings. The van der Waals surface area contributed by atoms with Crippen LogP contribution in [0.25, 0.3) is 5.57 Å². The third-order valence-corrected chi connectivity index (χ3v) is 6.07. The number of halogens is 3. The van der Waals surface area contributed by atoms with Gasteiger partial charge < -0.3 is 14.7 Å². The van der Waals surface area contributed by atoms with Crippen molar-refractivity contribution in [2.75, 3.05) is 34.4 Å². The quantitative estimate of drug-likeness (QED) is 0.204. The van der Waals surface area contributed by atoms with E-state index in [-0.39, 0.29) is 18.4 Å². The highest BCUT2D eigenvalue weighted by Crippen LogP contribution is 2.36. The lowest BCUT2D eigenvalue weighted by atomic mass is 9.86. The Bertz CT molecular complexity index is 1100. The van der Waals surface area contributed by atoms with E-state index in [0.29, 0.717) is 16.7 Å². The van der Waals surface area contributed by atoms with Crippen LogP contribution in [0.4, 0.5) is 13.2 Å². The first-order valence-electron chi connectivity index (χ1n) is 14.5. The van der Waals surface area contributed by atoms with Crippen molar-refractivity contribution in [2.24, 2.45) is 0 Å². The number of benzene rings is 2. The van der Waals surface area contributed by atoms with Gasteiger partial charge in [-0.25, -0.2) is 0 Å². The molecule has 0 bridgehead atoms. The fourth-order valence-electron chi connectivity index (χ4n) is 3.99. The standard InChI is InChI=1S/C23H23F3O.C7H17N.C3H6O2.C2H6O/c1-16(2)21(13-19-11-7-8-12-20(19)15-27)22(14-23(24,25)26)17(3)18-9-5-4-6-10-18;1-4-6-8(3)7-5-2;1-2-3(4)5;1-3-2/h4-12,15H,13-14H2,1-3H3;4-7H2,1-3H3;2H2,1H3,(H,4,5);1-2H3/b22-17+;;;. The number of nitrogens with zero attached hydrogens (tertiary/aromatic N) is 1. The number of hydrogen-bond donors (Lipinski definition) is 1. The van der Waals surface area contributed by atoms with E-state index in [1.807, 2.05) is 44.2 Å². The number of aliphatic carboxylic acids is 1. The van der Waals surface area contributed by atoms with Gasteiger partial charge in [-0.1, -0.05) is 80.9 Å². The molecule has 0 radical (unpaired) electrons. The molecule has 242 valence electrons. The van der Waals surface area contributed by atoms with E-state index in [1.54, 1.807) is 52.3 Å². The maximum atomic E-state index is 13.4. The maximum absolute atomic E-state index is 13.4. The van der Waals surface area contributed by atoms with Crippen molar-refractivity contribution < 1.29 is 32.6 Å². The largest absolute Gasteiger partial charge is 0.481 e. The van der Waals surface area contributed by atoms with Gasteiger partial charge in [0.15, 0.2) is 0 Å². The number of rotatable bonds is 11. The molecule has 2 aromatic carbocycles. The molecule has 1 N–H and O–H groups in total. The van der Waals surface area contributed by atoms with Gasteiger partial charge in [-0.05, 0) is 88.0 Å². The van der Waals surface area contributed by atoms with Gasteiger partial charge in [0.05, 0.1) is 6.42 Å². The van der Waals surface area contributed by atoms with E-state index >= 15 is 0 Å². The number of allylic oxidation sites excluding steroid dienone is 4. The number of ether oxygens (including phenoxy) is 1. The van der Waals surface area contributed by atoms with Gasteiger partial charge in [-0.2, -0.15) is 13.2 Å². The zero-order valence-electron chi connectivity index (χ0n) is 27.5. The molecule has 0 spiro atoms. The lowest BCUT2D eigenvalue weighted by Gasteiger charge is -2.21. The summed E-state index contributed by atoms with van der Waals surface area (Å²) in [6.07, 6.45) is -1.53. The number of carboxylic acid groups (broad SMARTS) is 1. The Balaban J connectivity index is 0. The molecule has 0 aromatic heterocycles. The molecule has 2 aromatic rings. The second kappa shape index (κ2) is 24.2. The van der Waals surface area contributed by atoms with Crippen LogP contribution < -0.4 is 0 Å². The molecule has 5 nitrogen and oxygen atoms in total. The normalized spacial score (nSPS) is 11.0. The predicted molar refractivity (Wildman–Crippen MR) is 173 cm³/mol. The van der Waals surface area contributed by atoms with Crippen LogP contribution in [0.5, 0.6) is 0 Å². The summed E-state index contributed by atoms with van der Waals surface area (Å²) in [4.78, 5) is 23.1. The van der Waals surface area contributed by atoms with E-state index in [2.05, 4.69) is 30.5 Å². The van der Waals surface area contributed by atoms with Crippen molar-refractivity contribution in [1.82, 2.24) is 4.90 Å². The summed E-state index contributed by atoms with van der Waals surface area (Å²) in [7, 11) is 5.42. The van der Waals surface area contributed by atoms with E-state index in [1.165, 1.54) is 25.9 Å². The maximum Gasteiger partial charge on any atom is 0.393 e. The van der Waals surface area contributed by atoms with Crippen LogP contribution in [0.2, 0.25) is 0 Å². The molecule has 0 saturated heterocycles. The fraction of sp³-hybridized carbons (Fsp3) is 0.486. The fourth-order valence-corrected chi connectivity index (χ4v) is 3.99. The molecule has 2 rings (SSSR count). The molecule has 8 heteroatoms. The Hall–Kier alpha value is -3.23. The van der Waals surface area contributed by atoms with E-state index in [4.69, 9.17) is 5.11 Å². The summed E-state index contributed by atoms with van der Waals surface area (Å²) in [6, 6.07) is 16.1. The first-order valence-corrected chi connectivity index (χ1v) is 14.5. The first-order chi connectivity index (χ1) is 20.2. The average molecular weight is 608 g/mol. The summed E-state index contributed by atoms with van der Waals surface area (Å²) >= 11 is 0. The summed E-state index contributed by atoms with van der Waals surface area (Å²) in [5.41, 5.74) is 4.30. The minimum atomic E-state index is -4.32. The molecule has 0 aliphatic rings. The summed E-state index contributed by atoms with van der Waals surface area (Å²) in [6.45, 7) is 13.9. The topological polar surface area (TPSA) is 66.8 Å². The molecule has 0 aliphatic carbocycles. The molecule has 0 atom stereocenters. The molecule has 0 heterocycles. The number of alkyl halides is 3. The van der Waals surface area contributed by atoms with Crippen LogP contribution in [-0.4, -0.2) is 62.8 Å². The van der Waals surface area contributed by atoms with Crippen molar-refractivity contribution in [3.05, 3.63) is 88.0 Å². The van der Waals surface area contributed by atoms with Gasteiger partial charge in [-0.15, -0.1) is 0 Å². The summed E-state index contributed by atoms with van der Waals surface area (Å²) in [5, 5.41) is 7.72. The zero-order chi connectivity index (χ0) is 33.4. The molecule has 43 heavy (non-hydrogen) atoms. The van der Waals surface area contributed by atoms with Gasteiger partial charge in [0.1, 0.15) is 6.29 Å². The Labute approximate surface area is 257 Å². The molecular formula is C35H52F3NO4. The Morgan fingerprint density at radius 2 is 1.35 bits per heavy atom. The number of carbonyl (C=O) groups excluding carboxylic acids is 1. The molecule has 0 aliphatic heterocycles. The number of carbonyl (C=O) groups is 2. The highest BCUT2D eigenvalue weighted by atomic mass is 19.4. The highest BCUT2D eigenvalue weighted by molar-refractivity contribution is 5.78. The molecular weight excluding hydrogens is 555 g/mol. The third-order valence-electron chi connectivity index (χ3n) is 6.07. The van der Waals surface area contributed by atoms with Gasteiger partial charge in [0.2, 0.25) is 0 Å². The monoisotopic (exact) mass is 607 g/mol. The van der Waals surface area contributed by atoms with Crippen molar-refractivity contribution in [3.8, 4) is 0 Å². The van der Waals surface area contributed by atoms with Gasteiger partial charge in [0.25, 0.3) is 0 Å². The molecule has 0 amide bonds. The third kappa shape index (κ3) is 20.3. The van der Waals surface area contributed by atoms with Crippen LogP contribution in [0.3, 0.4) is 0 Å². The van der Waals surface area contributed by atoms with Crippen molar-refractivity contribution in [3.63, 3.8) is 0 Å². The summed E-state index contributed by atoms with van der Waals surface area (Å²) < 4.78 is 44.4. The smallest absolute Gasteiger partial charge is 0.393 e. The minimum absolute atomic E-state index is 0.222. The van der Waals surface area contributed by atoms with E-state index in [9.17, 15) is 22.8 Å². The second-order valence-corrected chi connectivity index (χ2v) is 10.2. The first kappa shape index (κ1) is 41.9. The van der Waals surface area contributed by atoms with E-state index < -0.39 is 18.6 Å².